The molecule has 3 fully saturated rings. The van der Waals surface area contributed by atoms with Crippen molar-refractivity contribution in [2.75, 3.05) is 0 Å². The standard InChI is InChI=1S/C19H27NO2/c1-18-9-4-3-5-12(18)6-7-13-14(18)8-10-19(2)15(13)11-16(20-22)17(19)21/h3-4,12-15,22H,5-11H2,1-2H3/b20-16+. The van der Waals surface area contributed by atoms with E-state index in [0.717, 1.165) is 18.3 Å². The lowest BCUT2D eigenvalue weighted by Crippen LogP contribution is -2.52. The first-order chi connectivity index (χ1) is 10.5. The third-order valence-corrected chi connectivity index (χ3v) is 7.91. The number of oxime groups is 1. The van der Waals surface area contributed by atoms with Gasteiger partial charge in [0, 0.05) is 11.8 Å². The molecule has 0 radical (unpaired) electrons. The van der Waals surface area contributed by atoms with Gasteiger partial charge >= 0.3 is 0 Å². The van der Waals surface area contributed by atoms with Crippen LogP contribution in [-0.2, 0) is 4.79 Å². The summed E-state index contributed by atoms with van der Waals surface area (Å²) in [5.41, 5.74) is 0.585. The molecular formula is C19H27NO2. The number of hydrogen-bond acceptors (Lipinski definition) is 3. The van der Waals surface area contributed by atoms with Crippen molar-refractivity contribution in [2.24, 2.45) is 39.7 Å². The van der Waals surface area contributed by atoms with E-state index in [-0.39, 0.29) is 11.2 Å². The van der Waals surface area contributed by atoms with Gasteiger partial charge in [0.25, 0.3) is 0 Å². The van der Waals surface area contributed by atoms with Gasteiger partial charge in [0.05, 0.1) is 0 Å². The van der Waals surface area contributed by atoms with Gasteiger partial charge in [-0.3, -0.25) is 4.79 Å². The Balaban J connectivity index is 1.70. The second kappa shape index (κ2) is 4.69. The smallest absolute Gasteiger partial charge is 0.186 e. The summed E-state index contributed by atoms with van der Waals surface area (Å²) in [5, 5.41) is 12.5. The fraction of sp³-hybridized carbons (Fsp3) is 0.789. The highest BCUT2D eigenvalue weighted by Gasteiger charge is 2.61. The van der Waals surface area contributed by atoms with Gasteiger partial charge in [-0.1, -0.05) is 31.2 Å². The number of carbonyl (C=O) groups excluding carboxylic acids is 1. The Morgan fingerprint density at radius 2 is 2.00 bits per heavy atom. The number of ketones is 1. The number of Topliss-reactive ketones (excluding diaryl/α,β-unsaturated/α-hetero) is 1. The molecule has 120 valence electrons. The molecular weight excluding hydrogens is 274 g/mol. The zero-order valence-electron chi connectivity index (χ0n) is 13.7. The summed E-state index contributed by atoms with van der Waals surface area (Å²) in [4.78, 5) is 12.6. The Kier molecular flexibility index (Phi) is 3.08. The highest BCUT2D eigenvalue weighted by Crippen LogP contribution is 2.64. The Hall–Kier alpha value is -1.12. The van der Waals surface area contributed by atoms with Gasteiger partial charge in [-0.15, -0.1) is 0 Å². The third-order valence-electron chi connectivity index (χ3n) is 7.91. The summed E-state index contributed by atoms with van der Waals surface area (Å²) < 4.78 is 0. The second-order valence-corrected chi connectivity index (χ2v) is 8.60. The van der Waals surface area contributed by atoms with Gasteiger partial charge in [0.1, 0.15) is 5.71 Å². The highest BCUT2D eigenvalue weighted by molar-refractivity contribution is 6.43. The first-order valence-electron chi connectivity index (χ1n) is 8.91. The lowest BCUT2D eigenvalue weighted by atomic mass is 9.46. The lowest BCUT2D eigenvalue weighted by molar-refractivity contribution is -0.133. The third kappa shape index (κ3) is 1.68. The van der Waals surface area contributed by atoms with E-state index >= 15 is 0 Å². The van der Waals surface area contributed by atoms with Crippen LogP contribution in [0.25, 0.3) is 0 Å². The maximum absolute atomic E-state index is 12.6. The number of rotatable bonds is 0. The predicted octanol–water partition coefficient (Wildman–Crippen LogP) is 4.20. The minimum atomic E-state index is -0.267. The SMILES string of the molecule is CC12CCC3C(CCC4CC=CCC43C)C1C/C(=N\O)C2=O. The Morgan fingerprint density at radius 3 is 2.77 bits per heavy atom. The van der Waals surface area contributed by atoms with Crippen LogP contribution < -0.4 is 0 Å². The van der Waals surface area contributed by atoms with Crippen molar-refractivity contribution in [3.8, 4) is 0 Å². The van der Waals surface area contributed by atoms with Crippen molar-refractivity contribution >= 4 is 11.5 Å². The van der Waals surface area contributed by atoms with Crippen LogP contribution in [0.2, 0.25) is 0 Å². The second-order valence-electron chi connectivity index (χ2n) is 8.60. The average Bonchev–Trinajstić information content (AvgIpc) is 2.78. The van der Waals surface area contributed by atoms with E-state index in [9.17, 15) is 10.0 Å². The highest BCUT2D eigenvalue weighted by atomic mass is 16.4. The van der Waals surface area contributed by atoms with E-state index in [1.54, 1.807) is 0 Å². The summed E-state index contributed by atoms with van der Waals surface area (Å²) in [7, 11) is 0. The molecule has 3 heteroatoms. The summed E-state index contributed by atoms with van der Waals surface area (Å²) in [6.07, 6.45) is 12.6. The van der Waals surface area contributed by atoms with E-state index in [2.05, 4.69) is 31.2 Å². The molecule has 0 bridgehead atoms. The van der Waals surface area contributed by atoms with E-state index in [1.807, 2.05) is 0 Å². The van der Waals surface area contributed by atoms with Crippen molar-refractivity contribution in [3.05, 3.63) is 12.2 Å². The van der Waals surface area contributed by atoms with Gasteiger partial charge in [-0.2, -0.15) is 0 Å². The lowest BCUT2D eigenvalue weighted by Gasteiger charge is -2.58. The van der Waals surface area contributed by atoms with Gasteiger partial charge in [-0.05, 0) is 67.6 Å². The molecule has 0 aromatic carbocycles. The fourth-order valence-electron chi connectivity index (χ4n) is 6.53. The largest absolute Gasteiger partial charge is 0.411 e. The normalized spacial score (nSPS) is 52.3. The van der Waals surface area contributed by atoms with E-state index in [4.69, 9.17) is 0 Å². The Labute approximate surface area is 132 Å². The molecule has 0 spiro atoms. The van der Waals surface area contributed by atoms with Crippen LogP contribution in [0.5, 0.6) is 0 Å². The number of allylic oxidation sites excluding steroid dienone is 2. The molecule has 0 saturated heterocycles. The first kappa shape index (κ1) is 14.5. The number of carbonyl (C=O) groups is 1. The van der Waals surface area contributed by atoms with Gasteiger partial charge in [-0.25, -0.2) is 0 Å². The average molecular weight is 301 g/mol. The number of fused-ring (bicyclic) bond motifs is 5. The van der Waals surface area contributed by atoms with Gasteiger partial charge in [0.2, 0.25) is 0 Å². The van der Waals surface area contributed by atoms with Crippen LogP contribution in [0.4, 0.5) is 0 Å². The van der Waals surface area contributed by atoms with Crippen LogP contribution in [0.1, 0.15) is 58.8 Å². The monoisotopic (exact) mass is 301 g/mol. The Bertz CT molecular complexity index is 566. The molecule has 3 nitrogen and oxygen atoms in total. The summed E-state index contributed by atoms with van der Waals surface area (Å²) in [6, 6.07) is 0. The maximum atomic E-state index is 12.6. The van der Waals surface area contributed by atoms with Crippen molar-refractivity contribution in [1.82, 2.24) is 0 Å². The van der Waals surface area contributed by atoms with Gasteiger partial charge in [0.15, 0.2) is 5.78 Å². The molecule has 6 atom stereocenters. The first-order valence-corrected chi connectivity index (χ1v) is 8.91. The molecule has 3 saturated carbocycles. The molecule has 0 heterocycles. The number of hydrogen-bond donors (Lipinski definition) is 1. The van der Waals surface area contributed by atoms with Crippen LogP contribution >= 0.6 is 0 Å². The predicted molar refractivity (Wildman–Crippen MR) is 85.9 cm³/mol. The summed E-state index contributed by atoms with van der Waals surface area (Å²) in [5.74, 6) is 2.71. The van der Waals surface area contributed by atoms with Crippen LogP contribution in [0, 0.1) is 34.5 Å². The van der Waals surface area contributed by atoms with Crippen molar-refractivity contribution in [3.63, 3.8) is 0 Å². The molecule has 22 heavy (non-hydrogen) atoms. The van der Waals surface area contributed by atoms with Gasteiger partial charge < -0.3 is 5.21 Å². The minimum Gasteiger partial charge on any atom is -0.411 e. The summed E-state index contributed by atoms with van der Waals surface area (Å²) in [6.45, 7) is 4.63. The van der Waals surface area contributed by atoms with Crippen LogP contribution in [0.3, 0.4) is 0 Å². The van der Waals surface area contributed by atoms with Crippen LogP contribution in [0.15, 0.2) is 17.3 Å². The zero-order chi connectivity index (χ0) is 15.5. The molecule has 4 rings (SSSR count). The van der Waals surface area contributed by atoms with Crippen molar-refractivity contribution < 1.29 is 10.0 Å². The minimum absolute atomic E-state index is 0.120. The molecule has 0 aliphatic heterocycles. The molecule has 6 unspecified atom stereocenters. The molecule has 4 aliphatic rings. The van der Waals surface area contributed by atoms with E-state index in [1.165, 1.54) is 32.1 Å². The Morgan fingerprint density at radius 1 is 1.18 bits per heavy atom. The van der Waals surface area contributed by atoms with Crippen molar-refractivity contribution in [1.29, 1.82) is 0 Å². The van der Waals surface area contributed by atoms with Crippen LogP contribution in [-0.4, -0.2) is 16.7 Å². The molecule has 4 aliphatic carbocycles. The molecule has 0 aromatic rings. The van der Waals surface area contributed by atoms with Crippen molar-refractivity contribution in [2.45, 2.75) is 58.8 Å². The van der Waals surface area contributed by atoms with E-state index in [0.29, 0.717) is 29.4 Å². The van der Waals surface area contributed by atoms with E-state index < -0.39 is 0 Å². The fourth-order valence-corrected chi connectivity index (χ4v) is 6.53. The topological polar surface area (TPSA) is 49.7 Å². The summed E-state index contributed by atoms with van der Waals surface area (Å²) >= 11 is 0. The molecule has 0 aromatic heterocycles. The molecule has 1 N–H and O–H groups in total. The maximum Gasteiger partial charge on any atom is 0.186 e. The number of nitrogens with zero attached hydrogens (tertiary/aromatic N) is 1. The zero-order valence-corrected chi connectivity index (χ0v) is 13.7. The quantitative estimate of drug-likeness (QED) is 0.414. The molecule has 0 amide bonds.